The molecule has 4 heteroatoms. The van der Waals surface area contributed by atoms with Crippen molar-refractivity contribution in [3.63, 3.8) is 0 Å². The van der Waals surface area contributed by atoms with Crippen molar-refractivity contribution >= 4 is 21.6 Å². The van der Waals surface area contributed by atoms with Gasteiger partial charge in [-0.15, -0.1) is 0 Å². The highest BCUT2D eigenvalue weighted by Crippen LogP contribution is 2.18. The second-order valence-electron chi connectivity index (χ2n) is 4.44. The van der Waals surface area contributed by atoms with Gasteiger partial charge in [-0.3, -0.25) is 0 Å². The molecule has 3 nitrogen and oxygen atoms in total. The SMILES string of the molecule is CCc1nc2cc(CC(C)C)cc(Br)n2n1. The number of nitrogens with zero attached hydrogens (tertiary/aromatic N) is 3. The molecule has 0 aliphatic heterocycles. The molecule has 0 bridgehead atoms. The molecule has 0 saturated carbocycles. The lowest BCUT2D eigenvalue weighted by Gasteiger charge is -2.05. The summed E-state index contributed by atoms with van der Waals surface area (Å²) in [6, 6.07) is 4.25. The first-order valence-electron chi connectivity index (χ1n) is 5.64. The quantitative estimate of drug-likeness (QED) is 0.809. The normalized spacial score (nSPS) is 11.6. The summed E-state index contributed by atoms with van der Waals surface area (Å²) in [4.78, 5) is 4.48. The number of aromatic nitrogens is 3. The lowest BCUT2D eigenvalue weighted by Crippen LogP contribution is -1.97. The van der Waals surface area contributed by atoms with Crippen molar-refractivity contribution in [1.82, 2.24) is 14.6 Å². The number of aryl methyl sites for hydroxylation is 1. The molecule has 0 aromatic carbocycles. The van der Waals surface area contributed by atoms with Crippen LogP contribution in [0.3, 0.4) is 0 Å². The molecule has 0 atom stereocenters. The summed E-state index contributed by atoms with van der Waals surface area (Å²) in [5, 5.41) is 4.41. The second kappa shape index (κ2) is 4.53. The van der Waals surface area contributed by atoms with Crippen LogP contribution >= 0.6 is 15.9 Å². The van der Waals surface area contributed by atoms with E-state index in [0.29, 0.717) is 5.92 Å². The molecular formula is C12H16BrN3. The molecule has 0 saturated heterocycles. The number of fused-ring (bicyclic) bond motifs is 1. The van der Waals surface area contributed by atoms with Crippen LogP contribution in [0.4, 0.5) is 0 Å². The van der Waals surface area contributed by atoms with E-state index in [1.165, 1.54) is 5.56 Å². The fraction of sp³-hybridized carbons (Fsp3) is 0.500. The van der Waals surface area contributed by atoms with Crippen LogP contribution in [0, 0.1) is 5.92 Å². The minimum absolute atomic E-state index is 0.655. The summed E-state index contributed by atoms with van der Waals surface area (Å²) in [6.45, 7) is 6.51. The van der Waals surface area contributed by atoms with Crippen molar-refractivity contribution < 1.29 is 0 Å². The zero-order chi connectivity index (χ0) is 11.7. The molecule has 0 radical (unpaired) electrons. The van der Waals surface area contributed by atoms with E-state index in [1.807, 2.05) is 4.52 Å². The molecule has 0 aliphatic rings. The van der Waals surface area contributed by atoms with Crippen LogP contribution in [0.2, 0.25) is 0 Å². The highest BCUT2D eigenvalue weighted by Gasteiger charge is 2.07. The van der Waals surface area contributed by atoms with Crippen LogP contribution in [0.15, 0.2) is 16.7 Å². The van der Waals surface area contributed by atoms with Crippen molar-refractivity contribution in [3.05, 3.63) is 28.1 Å². The maximum absolute atomic E-state index is 4.48. The predicted molar refractivity (Wildman–Crippen MR) is 68.6 cm³/mol. The van der Waals surface area contributed by atoms with Crippen molar-refractivity contribution in [1.29, 1.82) is 0 Å². The zero-order valence-electron chi connectivity index (χ0n) is 9.87. The minimum Gasteiger partial charge on any atom is -0.212 e. The van der Waals surface area contributed by atoms with E-state index >= 15 is 0 Å². The van der Waals surface area contributed by atoms with Gasteiger partial charge in [-0.2, -0.15) is 5.10 Å². The van der Waals surface area contributed by atoms with E-state index in [0.717, 1.165) is 28.9 Å². The van der Waals surface area contributed by atoms with Crippen molar-refractivity contribution in [3.8, 4) is 0 Å². The number of hydrogen-bond donors (Lipinski definition) is 0. The van der Waals surface area contributed by atoms with Crippen LogP contribution in [0.1, 0.15) is 32.2 Å². The molecule has 0 spiro atoms. The fourth-order valence-electron chi connectivity index (χ4n) is 1.78. The number of rotatable bonds is 3. The van der Waals surface area contributed by atoms with E-state index in [-0.39, 0.29) is 0 Å². The molecule has 0 aliphatic carbocycles. The summed E-state index contributed by atoms with van der Waals surface area (Å²) in [7, 11) is 0. The Hall–Kier alpha value is -0.900. The molecule has 0 unspecified atom stereocenters. The van der Waals surface area contributed by atoms with Crippen molar-refractivity contribution in [2.75, 3.05) is 0 Å². The Morgan fingerprint density at radius 2 is 2.12 bits per heavy atom. The Kier molecular flexibility index (Phi) is 3.28. The third-order valence-corrected chi connectivity index (χ3v) is 3.02. The van der Waals surface area contributed by atoms with Gasteiger partial charge in [0.1, 0.15) is 4.60 Å². The molecule has 16 heavy (non-hydrogen) atoms. The van der Waals surface area contributed by atoms with Gasteiger partial charge in [0.15, 0.2) is 11.5 Å². The van der Waals surface area contributed by atoms with Gasteiger partial charge in [0, 0.05) is 6.42 Å². The molecule has 2 aromatic heterocycles. The average molecular weight is 282 g/mol. The van der Waals surface area contributed by atoms with Gasteiger partial charge in [0.05, 0.1) is 0 Å². The monoisotopic (exact) mass is 281 g/mol. The van der Waals surface area contributed by atoms with Crippen LogP contribution in [0.5, 0.6) is 0 Å². The molecular weight excluding hydrogens is 266 g/mol. The number of hydrogen-bond acceptors (Lipinski definition) is 2. The Labute approximate surface area is 104 Å². The van der Waals surface area contributed by atoms with E-state index in [9.17, 15) is 0 Å². The van der Waals surface area contributed by atoms with Gasteiger partial charge in [-0.25, -0.2) is 9.50 Å². The Morgan fingerprint density at radius 1 is 1.38 bits per heavy atom. The van der Waals surface area contributed by atoms with Crippen LogP contribution in [-0.2, 0) is 12.8 Å². The van der Waals surface area contributed by atoms with Crippen LogP contribution in [-0.4, -0.2) is 14.6 Å². The fourth-order valence-corrected chi connectivity index (χ4v) is 2.33. The van der Waals surface area contributed by atoms with E-state index in [4.69, 9.17) is 0 Å². The minimum atomic E-state index is 0.655. The van der Waals surface area contributed by atoms with Gasteiger partial charge in [0.25, 0.3) is 0 Å². The van der Waals surface area contributed by atoms with Crippen molar-refractivity contribution in [2.24, 2.45) is 5.92 Å². The van der Waals surface area contributed by atoms with E-state index in [1.54, 1.807) is 0 Å². The summed E-state index contributed by atoms with van der Waals surface area (Å²) >= 11 is 3.54. The molecule has 2 rings (SSSR count). The lowest BCUT2D eigenvalue weighted by molar-refractivity contribution is 0.646. The summed E-state index contributed by atoms with van der Waals surface area (Å²) < 4.78 is 2.83. The van der Waals surface area contributed by atoms with Gasteiger partial charge >= 0.3 is 0 Å². The second-order valence-corrected chi connectivity index (χ2v) is 5.25. The predicted octanol–water partition coefficient (Wildman–Crippen LogP) is 3.25. The van der Waals surface area contributed by atoms with Gasteiger partial charge in [0.2, 0.25) is 0 Å². The van der Waals surface area contributed by atoms with Crippen LogP contribution < -0.4 is 0 Å². The molecule has 86 valence electrons. The Balaban J connectivity index is 2.48. The summed E-state index contributed by atoms with van der Waals surface area (Å²) in [5.41, 5.74) is 2.24. The first kappa shape index (κ1) is 11.6. The zero-order valence-corrected chi connectivity index (χ0v) is 11.5. The van der Waals surface area contributed by atoms with Gasteiger partial charge in [-0.05, 0) is 46.0 Å². The smallest absolute Gasteiger partial charge is 0.157 e. The van der Waals surface area contributed by atoms with Gasteiger partial charge < -0.3 is 0 Å². The molecule has 2 heterocycles. The summed E-state index contributed by atoms with van der Waals surface area (Å²) in [5.74, 6) is 1.55. The lowest BCUT2D eigenvalue weighted by atomic mass is 10.0. The highest BCUT2D eigenvalue weighted by molar-refractivity contribution is 9.10. The molecule has 0 fully saturated rings. The largest absolute Gasteiger partial charge is 0.212 e. The van der Waals surface area contributed by atoms with E-state index in [2.05, 4.69) is 58.9 Å². The number of pyridine rings is 1. The van der Waals surface area contributed by atoms with E-state index < -0.39 is 0 Å². The Bertz CT molecular complexity index is 502. The highest BCUT2D eigenvalue weighted by atomic mass is 79.9. The van der Waals surface area contributed by atoms with Crippen molar-refractivity contribution in [2.45, 2.75) is 33.6 Å². The summed E-state index contributed by atoms with van der Waals surface area (Å²) in [6.07, 6.45) is 1.94. The maximum Gasteiger partial charge on any atom is 0.157 e. The topological polar surface area (TPSA) is 30.2 Å². The molecule has 0 amide bonds. The third-order valence-electron chi connectivity index (χ3n) is 2.46. The van der Waals surface area contributed by atoms with Gasteiger partial charge in [-0.1, -0.05) is 20.8 Å². The standard InChI is InChI=1S/C12H16BrN3/c1-4-11-14-12-7-9(5-8(2)3)6-10(13)16(12)15-11/h6-8H,4-5H2,1-3H3. The first-order valence-corrected chi connectivity index (χ1v) is 6.43. The maximum atomic E-state index is 4.48. The Morgan fingerprint density at radius 3 is 2.75 bits per heavy atom. The number of halogens is 1. The van der Waals surface area contributed by atoms with Crippen LogP contribution in [0.25, 0.3) is 5.65 Å². The molecule has 0 N–H and O–H groups in total. The third kappa shape index (κ3) is 2.26. The first-order chi connectivity index (χ1) is 7.60. The average Bonchev–Trinajstić information content (AvgIpc) is 2.60. The molecule has 2 aromatic rings.